The molecule has 1 aliphatic heterocycles. The molecule has 11 atom stereocenters. The van der Waals surface area contributed by atoms with Gasteiger partial charge in [0.15, 0.2) is 17.5 Å². The van der Waals surface area contributed by atoms with Crippen LogP contribution in [-0.2, 0) is 33.3 Å². The predicted molar refractivity (Wildman–Crippen MR) is 185 cm³/mol. The molecule has 1 saturated heterocycles. The van der Waals surface area contributed by atoms with Crippen molar-refractivity contribution in [3.8, 4) is 0 Å². The van der Waals surface area contributed by atoms with E-state index in [-0.39, 0.29) is 29.7 Å². The van der Waals surface area contributed by atoms with Crippen LogP contribution in [0.25, 0.3) is 0 Å². The smallest absolute Gasteiger partial charge is 0.338 e. The maximum Gasteiger partial charge on any atom is 0.338 e. The van der Waals surface area contributed by atoms with Crippen LogP contribution in [0.3, 0.4) is 0 Å². The first-order valence-electron chi connectivity index (χ1n) is 17.4. The molecular weight excluding hydrogens is 687 g/mol. The number of carbonyl (C=O) groups excluding carboxylic acids is 4. The first-order valence-corrected chi connectivity index (χ1v) is 17.4. The fraction of sp³-hybridized carbons (Fsp3) is 0.526. The Morgan fingerprint density at radius 3 is 2.19 bits per heavy atom. The number of Topliss-reactive ketones (excluding diaryl/α,β-unsaturated/α-hetero) is 1. The Morgan fingerprint density at radius 2 is 1.62 bits per heavy atom. The first kappa shape index (κ1) is 38.4. The maximum atomic E-state index is 14.8. The van der Waals surface area contributed by atoms with E-state index in [4.69, 9.17) is 26.9 Å². The van der Waals surface area contributed by atoms with Crippen LogP contribution >= 0.6 is 0 Å². The lowest BCUT2D eigenvalue weighted by Gasteiger charge is -2.67. The van der Waals surface area contributed by atoms with Gasteiger partial charge < -0.3 is 39.4 Å². The van der Waals surface area contributed by atoms with Gasteiger partial charge in [-0.1, -0.05) is 62.4 Å². The van der Waals surface area contributed by atoms with Crippen LogP contribution in [0, 0.1) is 16.7 Å². The van der Waals surface area contributed by atoms with E-state index in [0.29, 0.717) is 5.56 Å². The second-order valence-electron chi connectivity index (χ2n) is 15.1. The molecule has 4 aliphatic rings. The van der Waals surface area contributed by atoms with Crippen molar-refractivity contribution < 1.29 is 58.6 Å². The molecule has 2 aromatic carbocycles. The number of ether oxygens (including phenoxy) is 4. The van der Waals surface area contributed by atoms with Crippen molar-refractivity contribution in [3.05, 3.63) is 82.9 Å². The van der Waals surface area contributed by atoms with E-state index < -0.39 is 101 Å². The molecule has 15 heteroatoms. The summed E-state index contributed by atoms with van der Waals surface area (Å²) >= 11 is 0. The summed E-state index contributed by atoms with van der Waals surface area (Å²) in [4.78, 5) is 55.3. The van der Waals surface area contributed by atoms with Crippen LogP contribution in [-0.4, -0.2) is 107 Å². The number of aliphatic hydroxyl groups is 4. The normalized spacial score (nSPS) is 35.8. The molecule has 0 unspecified atom stereocenters. The predicted octanol–water partition coefficient (Wildman–Crippen LogP) is 2.27. The molecule has 53 heavy (non-hydrogen) atoms. The molecule has 1 heterocycles. The van der Waals surface area contributed by atoms with Gasteiger partial charge >= 0.3 is 17.9 Å². The van der Waals surface area contributed by atoms with Crippen molar-refractivity contribution in [2.24, 2.45) is 26.9 Å². The van der Waals surface area contributed by atoms with Crippen molar-refractivity contribution in [1.82, 2.24) is 0 Å². The summed E-state index contributed by atoms with van der Waals surface area (Å²) < 4.78 is 24.0. The average Bonchev–Trinajstić information content (AvgIpc) is 3.12. The van der Waals surface area contributed by atoms with Gasteiger partial charge in [-0.3, -0.25) is 14.6 Å². The Bertz CT molecular complexity index is 1840. The van der Waals surface area contributed by atoms with Crippen LogP contribution in [0.1, 0.15) is 69.4 Å². The molecule has 6 rings (SSSR count). The molecule has 2 bridgehead atoms. The second kappa shape index (κ2) is 13.9. The molecule has 3 fully saturated rings. The summed E-state index contributed by atoms with van der Waals surface area (Å²) in [6.45, 7) is 6.92. The Hall–Kier alpha value is -4.28. The number of aliphatic hydroxyl groups excluding tert-OH is 3. The number of hydrogen-bond donors (Lipinski definition) is 4. The Labute approximate surface area is 307 Å². The van der Waals surface area contributed by atoms with Crippen molar-refractivity contribution in [2.45, 2.75) is 101 Å². The van der Waals surface area contributed by atoms with Crippen LogP contribution in [0.4, 0.5) is 0 Å². The zero-order valence-corrected chi connectivity index (χ0v) is 30.0. The van der Waals surface area contributed by atoms with Gasteiger partial charge in [0.1, 0.15) is 36.1 Å². The van der Waals surface area contributed by atoms with E-state index in [2.05, 4.69) is 10.1 Å². The molecule has 2 aromatic rings. The van der Waals surface area contributed by atoms with Crippen molar-refractivity contribution >= 4 is 31.7 Å². The zero-order valence-electron chi connectivity index (χ0n) is 30.0. The number of esters is 3. The molecule has 3 aliphatic carbocycles. The minimum Gasteiger partial charge on any atom is -0.456 e. The summed E-state index contributed by atoms with van der Waals surface area (Å²) in [5, 5.41) is 55.5. The van der Waals surface area contributed by atoms with E-state index in [1.807, 2.05) is 0 Å². The van der Waals surface area contributed by atoms with E-state index in [1.165, 1.54) is 26.0 Å². The fourth-order valence-corrected chi connectivity index (χ4v) is 9.15. The molecule has 0 amide bonds. The highest BCUT2D eigenvalue weighted by atomic mass is 16.6. The van der Waals surface area contributed by atoms with Crippen molar-refractivity contribution in [1.29, 1.82) is 0 Å². The number of benzene rings is 2. The van der Waals surface area contributed by atoms with E-state index in [9.17, 15) is 39.6 Å². The van der Waals surface area contributed by atoms with Gasteiger partial charge in [0.25, 0.3) is 7.98 Å². The van der Waals surface area contributed by atoms with Gasteiger partial charge in [0.05, 0.1) is 29.6 Å². The summed E-state index contributed by atoms with van der Waals surface area (Å²) in [5.74, 6) is -5.23. The van der Waals surface area contributed by atoms with Gasteiger partial charge in [0.2, 0.25) is 0 Å². The fourth-order valence-electron chi connectivity index (χ4n) is 9.15. The summed E-state index contributed by atoms with van der Waals surface area (Å²) in [5.41, 5.74) is -6.95. The highest BCUT2D eigenvalue weighted by Crippen LogP contribution is 2.64. The van der Waals surface area contributed by atoms with Gasteiger partial charge in [-0.05, 0) is 42.7 Å². The van der Waals surface area contributed by atoms with E-state index in [1.54, 1.807) is 62.4 Å². The third-order valence-electron chi connectivity index (χ3n) is 12.1. The SMILES string of the molecule is [B]N=N[C@@H](c1ccccc1)[C@@H](O)C(=O)O[C@H]1C[C@@]2(O)[C@@H](OC(=O)c3ccccc3)[C@@H]3[C@]4(OC(C)=O)CO[C@@H]4C[C@H](O)[C@@]3(C)C(=O)[C@H](O)C(=C1C)C2(C)C. The molecular formula is C38H43BN2O12. The van der Waals surface area contributed by atoms with E-state index >= 15 is 0 Å². The lowest BCUT2D eigenvalue weighted by molar-refractivity contribution is -0.346. The van der Waals surface area contributed by atoms with Gasteiger partial charge in [-0.2, -0.15) is 5.11 Å². The summed E-state index contributed by atoms with van der Waals surface area (Å²) in [6, 6.07) is 14.9. The molecule has 14 nitrogen and oxygen atoms in total. The van der Waals surface area contributed by atoms with Crippen LogP contribution in [0.15, 0.2) is 81.9 Å². The number of nitrogens with zero attached hydrogens (tertiary/aromatic N) is 2. The number of ketones is 1. The Balaban J connectivity index is 1.53. The number of rotatable bonds is 8. The second-order valence-corrected chi connectivity index (χ2v) is 15.1. The molecule has 280 valence electrons. The molecule has 4 N–H and O–H groups in total. The minimum absolute atomic E-state index is 0.0362. The number of fused-ring (bicyclic) bond motifs is 5. The molecule has 2 radical (unpaired) electrons. The Kier molecular flexibility index (Phi) is 10.1. The summed E-state index contributed by atoms with van der Waals surface area (Å²) in [7, 11) is 5.31. The first-order chi connectivity index (χ1) is 25.0. The molecule has 0 aromatic heterocycles. The number of carbonyl (C=O) groups is 4. The highest BCUT2D eigenvalue weighted by molar-refractivity contribution is 6.04. The number of hydrogen-bond acceptors (Lipinski definition) is 14. The van der Waals surface area contributed by atoms with E-state index in [0.717, 1.165) is 6.92 Å². The third kappa shape index (κ3) is 5.93. The minimum atomic E-state index is -2.31. The van der Waals surface area contributed by atoms with Crippen LogP contribution < -0.4 is 0 Å². The monoisotopic (exact) mass is 730 g/mol. The van der Waals surface area contributed by atoms with Gasteiger partial charge in [0, 0.05) is 25.2 Å². The highest BCUT2D eigenvalue weighted by Gasteiger charge is 2.78. The Morgan fingerprint density at radius 1 is 1.00 bits per heavy atom. The standard InChI is InChI=1S/C38H43BN2O12/c1-19-23(51-34(48)29(45)27(40-41-39)21-12-8-6-9-13-21)17-38(49)32(52-33(47)22-14-10-7-11-15-22)30-36(5,31(46)28(44)26(19)35(38,3)4)24(43)16-25-37(30,18-50-25)53-20(2)42/h6-15,23-25,27-30,32,43-45,49H,16-18H2,1-5H3/t23-,24-,25+,27-,28+,29+,30-,32-,36+,37-,38+/m0/s1. The van der Waals surface area contributed by atoms with Gasteiger partial charge in [-0.25, -0.2) is 9.59 Å². The van der Waals surface area contributed by atoms with Crippen LogP contribution in [0.2, 0.25) is 0 Å². The average molecular weight is 731 g/mol. The van der Waals surface area contributed by atoms with Crippen molar-refractivity contribution in [3.63, 3.8) is 0 Å². The lowest BCUT2D eigenvalue weighted by atomic mass is 9.44. The molecule has 2 saturated carbocycles. The van der Waals surface area contributed by atoms with Gasteiger partial charge in [-0.15, -0.1) is 0 Å². The summed E-state index contributed by atoms with van der Waals surface area (Å²) in [6.07, 6.45) is -10.2. The largest absolute Gasteiger partial charge is 0.456 e. The third-order valence-corrected chi connectivity index (χ3v) is 12.1. The van der Waals surface area contributed by atoms with Crippen molar-refractivity contribution in [2.75, 3.05) is 6.61 Å². The topological polar surface area (TPSA) is 211 Å². The van der Waals surface area contributed by atoms with Crippen LogP contribution in [0.5, 0.6) is 0 Å². The quantitative estimate of drug-likeness (QED) is 0.101. The zero-order chi connectivity index (χ0) is 38.7. The molecule has 0 spiro atoms. The maximum absolute atomic E-state index is 14.8. The lowest BCUT2D eigenvalue weighted by Crippen LogP contribution is -2.81.